The third-order valence-electron chi connectivity index (χ3n) is 2.14. The fraction of sp³-hybridized carbons (Fsp3) is 0. The van der Waals surface area contributed by atoms with Crippen molar-refractivity contribution in [3.8, 4) is 0 Å². The molecule has 0 atom stereocenters. The van der Waals surface area contributed by atoms with Crippen molar-refractivity contribution in [2.45, 2.75) is 0 Å². The van der Waals surface area contributed by atoms with Crippen molar-refractivity contribution in [3.05, 3.63) is 51.4 Å². The molecular formula is C12H10Br2N2. The van der Waals surface area contributed by atoms with Gasteiger partial charge in [-0.05, 0) is 68.3 Å². The zero-order valence-electron chi connectivity index (χ0n) is 8.37. The van der Waals surface area contributed by atoms with Crippen molar-refractivity contribution in [3.63, 3.8) is 0 Å². The van der Waals surface area contributed by atoms with Gasteiger partial charge in [0.15, 0.2) is 0 Å². The maximum Gasteiger partial charge on any atom is 0.0673 e. The first-order chi connectivity index (χ1) is 7.66. The van der Waals surface area contributed by atoms with Crippen LogP contribution in [0.2, 0.25) is 0 Å². The van der Waals surface area contributed by atoms with Gasteiger partial charge in [0.1, 0.15) is 0 Å². The van der Waals surface area contributed by atoms with Crippen LogP contribution in [0.15, 0.2) is 51.4 Å². The summed E-state index contributed by atoms with van der Waals surface area (Å²) in [6.07, 6.45) is 0. The SMILES string of the molecule is Nc1ccc(Nc2c(Br)cccc2Br)cc1. The van der Waals surface area contributed by atoms with Crippen LogP contribution in [0.1, 0.15) is 0 Å². The van der Waals surface area contributed by atoms with E-state index >= 15 is 0 Å². The second kappa shape index (κ2) is 4.89. The highest BCUT2D eigenvalue weighted by molar-refractivity contribution is 9.11. The van der Waals surface area contributed by atoms with Gasteiger partial charge in [-0.1, -0.05) is 6.07 Å². The molecule has 0 radical (unpaired) electrons. The average molecular weight is 342 g/mol. The lowest BCUT2D eigenvalue weighted by Crippen LogP contribution is -1.93. The number of rotatable bonds is 2. The minimum absolute atomic E-state index is 0.761. The molecule has 3 N–H and O–H groups in total. The van der Waals surface area contributed by atoms with Gasteiger partial charge in [-0.25, -0.2) is 0 Å². The molecule has 0 spiro atoms. The zero-order chi connectivity index (χ0) is 11.5. The molecule has 2 rings (SSSR count). The number of hydrogen-bond donors (Lipinski definition) is 2. The summed E-state index contributed by atoms with van der Waals surface area (Å²) in [6, 6.07) is 13.6. The lowest BCUT2D eigenvalue weighted by Gasteiger charge is -2.10. The Morgan fingerprint density at radius 1 is 0.875 bits per heavy atom. The molecule has 0 bridgehead atoms. The van der Waals surface area contributed by atoms with Crippen LogP contribution in [0.4, 0.5) is 17.1 Å². The highest BCUT2D eigenvalue weighted by Gasteiger charge is 2.04. The molecule has 0 amide bonds. The molecule has 0 heterocycles. The molecule has 0 aliphatic heterocycles. The molecule has 0 unspecified atom stereocenters. The number of nitrogens with one attached hydrogen (secondary N) is 1. The van der Waals surface area contributed by atoms with Crippen LogP contribution in [0.5, 0.6) is 0 Å². The van der Waals surface area contributed by atoms with Gasteiger partial charge in [-0.15, -0.1) is 0 Å². The second-order valence-electron chi connectivity index (χ2n) is 3.34. The summed E-state index contributed by atoms with van der Waals surface area (Å²) >= 11 is 7.00. The van der Waals surface area contributed by atoms with Gasteiger partial charge in [0, 0.05) is 20.3 Å². The van der Waals surface area contributed by atoms with Crippen LogP contribution in [-0.4, -0.2) is 0 Å². The molecule has 2 aromatic carbocycles. The topological polar surface area (TPSA) is 38.0 Å². The molecule has 0 aliphatic carbocycles. The minimum atomic E-state index is 0.761. The molecule has 0 saturated carbocycles. The van der Waals surface area contributed by atoms with E-state index in [-0.39, 0.29) is 0 Å². The first-order valence-corrected chi connectivity index (χ1v) is 6.32. The van der Waals surface area contributed by atoms with E-state index in [1.807, 2.05) is 42.5 Å². The summed E-state index contributed by atoms with van der Waals surface area (Å²) in [7, 11) is 0. The first kappa shape index (κ1) is 11.5. The third kappa shape index (κ3) is 2.57. The van der Waals surface area contributed by atoms with Gasteiger partial charge < -0.3 is 11.1 Å². The summed E-state index contributed by atoms with van der Waals surface area (Å²) < 4.78 is 2.03. The molecule has 4 heteroatoms. The number of halogens is 2. The largest absolute Gasteiger partial charge is 0.399 e. The van der Waals surface area contributed by atoms with E-state index in [0.29, 0.717) is 0 Å². The van der Waals surface area contributed by atoms with E-state index in [4.69, 9.17) is 5.73 Å². The minimum Gasteiger partial charge on any atom is -0.399 e. The predicted molar refractivity (Wildman–Crippen MR) is 76.0 cm³/mol. The van der Waals surface area contributed by atoms with Crippen LogP contribution < -0.4 is 11.1 Å². The van der Waals surface area contributed by atoms with E-state index in [1.54, 1.807) is 0 Å². The number of para-hydroxylation sites is 1. The van der Waals surface area contributed by atoms with Crippen molar-refractivity contribution >= 4 is 48.9 Å². The van der Waals surface area contributed by atoms with Gasteiger partial charge in [0.05, 0.1) is 5.69 Å². The van der Waals surface area contributed by atoms with E-state index in [9.17, 15) is 0 Å². The Labute approximate surface area is 111 Å². The second-order valence-corrected chi connectivity index (χ2v) is 5.05. The van der Waals surface area contributed by atoms with Crippen molar-refractivity contribution in [2.24, 2.45) is 0 Å². The summed E-state index contributed by atoms with van der Waals surface area (Å²) in [5, 5.41) is 3.32. The standard InChI is InChI=1S/C12H10Br2N2/c13-10-2-1-3-11(14)12(10)16-9-6-4-8(15)5-7-9/h1-7,16H,15H2. The predicted octanol–water partition coefficient (Wildman–Crippen LogP) is 4.54. The van der Waals surface area contributed by atoms with Gasteiger partial charge >= 0.3 is 0 Å². The Balaban J connectivity index is 2.30. The fourth-order valence-electron chi connectivity index (χ4n) is 1.33. The highest BCUT2D eigenvalue weighted by atomic mass is 79.9. The molecule has 2 aromatic rings. The maximum absolute atomic E-state index is 5.63. The van der Waals surface area contributed by atoms with Crippen molar-refractivity contribution in [1.82, 2.24) is 0 Å². The van der Waals surface area contributed by atoms with Crippen LogP contribution in [0, 0.1) is 0 Å². The Bertz CT molecular complexity index is 475. The number of nitrogens with two attached hydrogens (primary N) is 1. The lowest BCUT2D eigenvalue weighted by atomic mass is 10.2. The van der Waals surface area contributed by atoms with Crippen molar-refractivity contribution < 1.29 is 0 Å². The normalized spacial score (nSPS) is 10.1. The summed E-state index contributed by atoms with van der Waals surface area (Å²) in [5.41, 5.74) is 8.40. The molecule has 0 fully saturated rings. The van der Waals surface area contributed by atoms with Gasteiger partial charge in [-0.2, -0.15) is 0 Å². The molecular weight excluding hydrogens is 332 g/mol. The number of nitrogen functional groups attached to an aromatic ring is 1. The summed E-state index contributed by atoms with van der Waals surface area (Å²) in [4.78, 5) is 0. The summed E-state index contributed by atoms with van der Waals surface area (Å²) in [6.45, 7) is 0. The molecule has 0 saturated heterocycles. The Hall–Kier alpha value is -1.00. The number of hydrogen-bond acceptors (Lipinski definition) is 2. The number of benzene rings is 2. The van der Waals surface area contributed by atoms with Gasteiger partial charge in [0.25, 0.3) is 0 Å². The quantitative estimate of drug-likeness (QED) is 0.787. The third-order valence-corrected chi connectivity index (χ3v) is 3.46. The Morgan fingerprint density at radius 3 is 2.00 bits per heavy atom. The van der Waals surface area contributed by atoms with Crippen LogP contribution in [0.3, 0.4) is 0 Å². The smallest absolute Gasteiger partial charge is 0.0673 e. The van der Waals surface area contributed by atoms with Crippen LogP contribution in [0.25, 0.3) is 0 Å². The molecule has 82 valence electrons. The molecule has 16 heavy (non-hydrogen) atoms. The molecule has 0 aliphatic rings. The van der Waals surface area contributed by atoms with E-state index in [2.05, 4.69) is 37.2 Å². The molecule has 2 nitrogen and oxygen atoms in total. The first-order valence-electron chi connectivity index (χ1n) is 4.73. The van der Waals surface area contributed by atoms with Crippen molar-refractivity contribution in [2.75, 3.05) is 11.1 Å². The monoisotopic (exact) mass is 340 g/mol. The van der Waals surface area contributed by atoms with Gasteiger partial charge in [-0.3, -0.25) is 0 Å². The van der Waals surface area contributed by atoms with E-state index < -0.39 is 0 Å². The van der Waals surface area contributed by atoms with Crippen LogP contribution >= 0.6 is 31.9 Å². The zero-order valence-corrected chi connectivity index (χ0v) is 11.5. The fourth-order valence-corrected chi connectivity index (χ4v) is 2.52. The average Bonchev–Trinajstić information content (AvgIpc) is 2.26. The van der Waals surface area contributed by atoms with E-state index in [0.717, 1.165) is 26.0 Å². The lowest BCUT2D eigenvalue weighted by molar-refractivity contribution is 1.50. The summed E-state index contributed by atoms with van der Waals surface area (Å²) in [5.74, 6) is 0. The van der Waals surface area contributed by atoms with Crippen LogP contribution in [-0.2, 0) is 0 Å². The maximum atomic E-state index is 5.63. The highest BCUT2D eigenvalue weighted by Crippen LogP contribution is 2.33. The van der Waals surface area contributed by atoms with Gasteiger partial charge in [0.2, 0.25) is 0 Å². The Morgan fingerprint density at radius 2 is 1.44 bits per heavy atom. The molecule has 0 aromatic heterocycles. The van der Waals surface area contributed by atoms with Crippen molar-refractivity contribution in [1.29, 1.82) is 0 Å². The number of anilines is 3. The Kier molecular flexibility index (Phi) is 3.51. The van der Waals surface area contributed by atoms with E-state index in [1.165, 1.54) is 0 Å².